The van der Waals surface area contributed by atoms with Gasteiger partial charge in [-0.25, -0.2) is 8.42 Å². The molecule has 0 aromatic heterocycles. The van der Waals surface area contributed by atoms with Gasteiger partial charge in [0.05, 0.1) is 5.75 Å². The van der Waals surface area contributed by atoms with Crippen molar-refractivity contribution in [2.45, 2.75) is 39.0 Å². The predicted molar refractivity (Wildman–Crippen MR) is 95.5 cm³/mol. The normalized spacial score (nSPS) is 24.3. The fraction of sp³-hybridized carbons (Fsp3) is 0.611. The molecule has 132 valence electrons. The second-order valence-electron chi connectivity index (χ2n) is 6.93. The molecule has 2 unspecified atom stereocenters. The van der Waals surface area contributed by atoms with Crippen molar-refractivity contribution in [2.24, 2.45) is 11.8 Å². The van der Waals surface area contributed by atoms with Crippen molar-refractivity contribution in [1.82, 2.24) is 4.90 Å². The van der Waals surface area contributed by atoms with E-state index >= 15 is 0 Å². The summed E-state index contributed by atoms with van der Waals surface area (Å²) < 4.78 is 25.9. The van der Waals surface area contributed by atoms with E-state index in [0.717, 1.165) is 25.4 Å². The summed E-state index contributed by atoms with van der Waals surface area (Å²) in [4.78, 5) is 14.8. The summed E-state index contributed by atoms with van der Waals surface area (Å²) in [6.45, 7) is 3.24. The van der Waals surface area contributed by atoms with Crippen molar-refractivity contribution in [3.05, 3.63) is 29.8 Å². The molecule has 5 nitrogen and oxygen atoms in total. The Bertz CT molecular complexity index is 702. The van der Waals surface area contributed by atoms with Gasteiger partial charge in [0.1, 0.15) is 0 Å². The number of rotatable bonds is 4. The second kappa shape index (κ2) is 7.13. The van der Waals surface area contributed by atoms with Crippen molar-refractivity contribution >= 4 is 21.6 Å². The fourth-order valence-electron chi connectivity index (χ4n) is 3.94. The molecular formula is C18H26N2O3S. The largest absolute Gasteiger partial charge is 0.338 e. The van der Waals surface area contributed by atoms with Gasteiger partial charge in [0.15, 0.2) is 0 Å². The number of carbonyl (C=O) groups excluding carboxylic acids is 1. The molecule has 1 aromatic carbocycles. The molecule has 24 heavy (non-hydrogen) atoms. The van der Waals surface area contributed by atoms with E-state index in [9.17, 15) is 13.2 Å². The van der Waals surface area contributed by atoms with E-state index in [4.69, 9.17) is 0 Å². The first kappa shape index (κ1) is 17.3. The van der Waals surface area contributed by atoms with Gasteiger partial charge in [-0.05, 0) is 49.8 Å². The Morgan fingerprint density at radius 2 is 1.96 bits per heavy atom. The van der Waals surface area contributed by atoms with E-state index in [0.29, 0.717) is 17.2 Å². The van der Waals surface area contributed by atoms with Crippen LogP contribution >= 0.6 is 0 Å². The van der Waals surface area contributed by atoms with Crippen LogP contribution in [0.2, 0.25) is 0 Å². The van der Waals surface area contributed by atoms with Crippen LogP contribution in [0.1, 0.15) is 49.4 Å². The summed E-state index contributed by atoms with van der Waals surface area (Å²) in [7, 11) is -3.33. The minimum Gasteiger partial charge on any atom is -0.338 e. The lowest BCUT2D eigenvalue weighted by Crippen LogP contribution is -2.44. The standard InChI is InChI=1S/C18H26N2O3S/c1-2-24(22,23)19-17-9-5-8-15(12-17)18(21)20-11-10-14-6-3-4-7-16(14)13-20/h5,8-9,12,14,16,19H,2-4,6-7,10-11,13H2,1H3. The summed E-state index contributed by atoms with van der Waals surface area (Å²) in [6, 6.07) is 6.81. The van der Waals surface area contributed by atoms with Gasteiger partial charge in [0, 0.05) is 24.3 Å². The maximum absolute atomic E-state index is 12.8. The maximum atomic E-state index is 12.8. The third-order valence-corrected chi connectivity index (χ3v) is 6.65. The van der Waals surface area contributed by atoms with Gasteiger partial charge in [-0.15, -0.1) is 0 Å². The Hall–Kier alpha value is -1.56. The predicted octanol–water partition coefficient (Wildman–Crippen LogP) is 3.10. The lowest BCUT2D eigenvalue weighted by molar-refractivity contribution is 0.0521. The zero-order valence-electron chi connectivity index (χ0n) is 14.2. The van der Waals surface area contributed by atoms with Crippen LogP contribution in [0.25, 0.3) is 0 Å². The lowest BCUT2D eigenvalue weighted by Gasteiger charge is -2.41. The molecule has 0 radical (unpaired) electrons. The number of nitrogens with zero attached hydrogens (tertiary/aromatic N) is 1. The average molecular weight is 350 g/mol. The van der Waals surface area contributed by atoms with Crippen LogP contribution in [-0.2, 0) is 10.0 Å². The summed E-state index contributed by atoms with van der Waals surface area (Å²) in [6.07, 6.45) is 6.23. The van der Waals surface area contributed by atoms with Gasteiger partial charge in [0.25, 0.3) is 5.91 Å². The van der Waals surface area contributed by atoms with E-state index in [1.165, 1.54) is 25.7 Å². The van der Waals surface area contributed by atoms with E-state index in [-0.39, 0.29) is 11.7 Å². The number of hydrogen-bond donors (Lipinski definition) is 1. The Balaban J connectivity index is 1.71. The zero-order chi connectivity index (χ0) is 17.2. The highest BCUT2D eigenvalue weighted by molar-refractivity contribution is 7.92. The molecule has 1 N–H and O–H groups in total. The Morgan fingerprint density at radius 3 is 2.71 bits per heavy atom. The highest BCUT2D eigenvalue weighted by Gasteiger charge is 2.33. The van der Waals surface area contributed by atoms with Gasteiger partial charge in [-0.3, -0.25) is 9.52 Å². The highest BCUT2D eigenvalue weighted by atomic mass is 32.2. The smallest absolute Gasteiger partial charge is 0.253 e. The Labute approximate surface area is 144 Å². The molecule has 1 saturated heterocycles. The number of likely N-dealkylation sites (tertiary alicyclic amines) is 1. The van der Waals surface area contributed by atoms with Crippen molar-refractivity contribution < 1.29 is 13.2 Å². The molecule has 2 aliphatic rings. The molecule has 6 heteroatoms. The Morgan fingerprint density at radius 1 is 1.21 bits per heavy atom. The van der Waals surface area contributed by atoms with Crippen LogP contribution in [0.5, 0.6) is 0 Å². The molecule has 3 rings (SSSR count). The van der Waals surface area contributed by atoms with Crippen molar-refractivity contribution in [1.29, 1.82) is 0 Å². The third-order valence-electron chi connectivity index (χ3n) is 5.34. The molecular weight excluding hydrogens is 324 g/mol. The molecule has 1 aliphatic heterocycles. The lowest BCUT2D eigenvalue weighted by atomic mass is 9.75. The summed E-state index contributed by atoms with van der Waals surface area (Å²) in [5, 5.41) is 0. The second-order valence-corrected chi connectivity index (χ2v) is 8.94. The molecule has 1 amide bonds. The summed E-state index contributed by atoms with van der Waals surface area (Å²) in [5.74, 6) is 1.45. The first-order valence-electron chi connectivity index (χ1n) is 8.88. The highest BCUT2D eigenvalue weighted by Crippen LogP contribution is 2.36. The minimum absolute atomic E-state index is 0.0107. The topological polar surface area (TPSA) is 66.5 Å². The molecule has 1 aliphatic carbocycles. The van der Waals surface area contributed by atoms with Gasteiger partial charge in [-0.1, -0.05) is 25.3 Å². The SMILES string of the molecule is CCS(=O)(=O)Nc1cccc(C(=O)N2CCC3CCCCC3C2)c1. The maximum Gasteiger partial charge on any atom is 0.253 e. The van der Waals surface area contributed by atoms with Crippen LogP contribution in [0.4, 0.5) is 5.69 Å². The molecule has 0 bridgehead atoms. The molecule has 2 fully saturated rings. The summed E-state index contributed by atoms with van der Waals surface area (Å²) in [5.41, 5.74) is 1.01. The van der Waals surface area contributed by atoms with Gasteiger partial charge in [-0.2, -0.15) is 0 Å². The average Bonchev–Trinajstić information content (AvgIpc) is 2.60. The first-order valence-corrected chi connectivity index (χ1v) is 10.5. The van der Waals surface area contributed by atoms with Crippen LogP contribution in [-0.4, -0.2) is 38.1 Å². The van der Waals surface area contributed by atoms with Crippen molar-refractivity contribution in [3.8, 4) is 0 Å². The number of carbonyl (C=O) groups is 1. The number of nitrogens with one attached hydrogen (secondary N) is 1. The number of anilines is 1. The molecule has 0 spiro atoms. The van der Waals surface area contributed by atoms with Gasteiger partial charge in [0.2, 0.25) is 10.0 Å². The van der Waals surface area contributed by atoms with E-state index in [1.54, 1.807) is 31.2 Å². The number of amides is 1. The van der Waals surface area contributed by atoms with E-state index in [2.05, 4.69) is 4.72 Å². The van der Waals surface area contributed by atoms with Crippen LogP contribution < -0.4 is 4.72 Å². The number of hydrogen-bond acceptors (Lipinski definition) is 3. The summed E-state index contributed by atoms with van der Waals surface area (Å²) >= 11 is 0. The number of piperidine rings is 1. The third kappa shape index (κ3) is 3.91. The molecule has 1 saturated carbocycles. The monoisotopic (exact) mass is 350 g/mol. The van der Waals surface area contributed by atoms with Gasteiger partial charge >= 0.3 is 0 Å². The molecule has 1 aromatic rings. The van der Waals surface area contributed by atoms with E-state index in [1.807, 2.05) is 4.90 Å². The van der Waals surface area contributed by atoms with Crippen LogP contribution in [0, 0.1) is 11.8 Å². The quantitative estimate of drug-likeness (QED) is 0.907. The number of sulfonamides is 1. The van der Waals surface area contributed by atoms with Crippen LogP contribution in [0.15, 0.2) is 24.3 Å². The van der Waals surface area contributed by atoms with Crippen LogP contribution in [0.3, 0.4) is 0 Å². The molecule has 1 heterocycles. The van der Waals surface area contributed by atoms with E-state index < -0.39 is 10.0 Å². The number of fused-ring (bicyclic) bond motifs is 1. The zero-order valence-corrected chi connectivity index (χ0v) is 15.0. The van der Waals surface area contributed by atoms with Crippen molar-refractivity contribution in [2.75, 3.05) is 23.6 Å². The minimum atomic E-state index is -3.33. The van der Waals surface area contributed by atoms with Gasteiger partial charge < -0.3 is 4.90 Å². The first-order chi connectivity index (χ1) is 11.5. The Kier molecular flexibility index (Phi) is 5.13. The fourth-order valence-corrected chi connectivity index (χ4v) is 4.57. The number of benzene rings is 1. The molecule has 2 atom stereocenters. The van der Waals surface area contributed by atoms with Crippen molar-refractivity contribution in [3.63, 3.8) is 0 Å².